The van der Waals surface area contributed by atoms with Crippen molar-refractivity contribution in [3.63, 3.8) is 0 Å². The molecule has 0 atom stereocenters. The quantitative estimate of drug-likeness (QED) is 0.629. The first-order valence-electron chi connectivity index (χ1n) is 5.46. The minimum Gasteiger partial charge on any atom is -0.378 e. The van der Waals surface area contributed by atoms with E-state index in [0.29, 0.717) is 6.10 Å². The fourth-order valence-electron chi connectivity index (χ4n) is 1.95. The maximum atomic E-state index is 5.86. The lowest BCUT2D eigenvalue weighted by Crippen LogP contribution is -2.21. The van der Waals surface area contributed by atoms with Crippen molar-refractivity contribution in [3.8, 4) is 0 Å². The summed E-state index contributed by atoms with van der Waals surface area (Å²) >= 11 is 0. The molecule has 2 aliphatic rings. The first kappa shape index (κ1) is 8.55. The fourth-order valence-corrected chi connectivity index (χ4v) is 1.95. The molecule has 0 heterocycles. The summed E-state index contributed by atoms with van der Waals surface area (Å²) in [4.78, 5) is 0. The molecule has 0 unspecified atom stereocenters. The third kappa shape index (κ3) is 2.48. The molecule has 12 heavy (non-hydrogen) atoms. The summed E-state index contributed by atoms with van der Waals surface area (Å²) in [5.74, 6) is 1.88. The Bertz CT molecular complexity index is 132. The molecule has 0 bridgehead atoms. The Morgan fingerprint density at radius 3 is 2.25 bits per heavy atom. The molecule has 0 aromatic rings. The van der Waals surface area contributed by atoms with E-state index in [-0.39, 0.29) is 0 Å². The smallest absolute Gasteiger partial charge is 0.0575 e. The molecule has 1 heteroatoms. The van der Waals surface area contributed by atoms with Gasteiger partial charge in [-0.3, -0.25) is 0 Å². The summed E-state index contributed by atoms with van der Waals surface area (Å²) in [6.07, 6.45) is 8.85. The van der Waals surface area contributed by atoms with Gasteiger partial charge in [-0.15, -0.1) is 0 Å². The van der Waals surface area contributed by atoms with E-state index in [4.69, 9.17) is 4.74 Å². The summed E-state index contributed by atoms with van der Waals surface area (Å²) in [6, 6.07) is 0. The Morgan fingerprint density at radius 1 is 1.00 bits per heavy atom. The van der Waals surface area contributed by atoms with E-state index in [1.807, 2.05) is 0 Å². The maximum Gasteiger partial charge on any atom is 0.0575 e. The van der Waals surface area contributed by atoms with Gasteiger partial charge in [0.15, 0.2) is 0 Å². The van der Waals surface area contributed by atoms with E-state index in [9.17, 15) is 0 Å². The van der Waals surface area contributed by atoms with Crippen LogP contribution in [0.4, 0.5) is 0 Å². The summed E-state index contributed by atoms with van der Waals surface area (Å²) in [6.45, 7) is 3.41. The number of rotatable bonds is 3. The van der Waals surface area contributed by atoms with Gasteiger partial charge in [-0.05, 0) is 50.4 Å². The number of hydrogen-bond acceptors (Lipinski definition) is 1. The average Bonchev–Trinajstić information content (AvgIpc) is 2.87. The third-order valence-electron chi connectivity index (χ3n) is 3.23. The van der Waals surface area contributed by atoms with Crippen LogP contribution in [0.5, 0.6) is 0 Å². The van der Waals surface area contributed by atoms with Crippen molar-refractivity contribution in [3.05, 3.63) is 0 Å². The molecule has 0 spiro atoms. The second-order valence-corrected chi connectivity index (χ2v) is 4.66. The van der Waals surface area contributed by atoms with E-state index in [0.717, 1.165) is 18.4 Å². The van der Waals surface area contributed by atoms with Crippen molar-refractivity contribution in [2.45, 2.75) is 51.6 Å². The zero-order chi connectivity index (χ0) is 8.39. The summed E-state index contributed by atoms with van der Waals surface area (Å²) in [5, 5.41) is 0. The van der Waals surface area contributed by atoms with Crippen LogP contribution in [-0.4, -0.2) is 12.7 Å². The van der Waals surface area contributed by atoms with Crippen molar-refractivity contribution in [1.29, 1.82) is 0 Å². The van der Waals surface area contributed by atoms with E-state index >= 15 is 0 Å². The van der Waals surface area contributed by atoms with Gasteiger partial charge in [-0.25, -0.2) is 0 Å². The van der Waals surface area contributed by atoms with Crippen LogP contribution in [0.25, 0.3) is 0 Å². The minimum atomic E-state index is 0.613. The lowest BCUT2D eigenvalue weighted by Gasteiger charge is -2.26. The molecule has 0 radical (unpaired) electrons. The predicted molar refractivity (Wildman–Crippen MR) is 50.1 cm³/mol. The molecule has 0 aromatic heterocycles. The molecule has 0 aromatic carbocycles. The number of hydrogen-bond donors (Lipinski definition) is 0. The van der Waals surface area contributed by atoms with Crippen molar-refractivity contribution in [2.24, 2.45) is 11.8 Å². The van der Waals surface area contributed by atoms with Gasteiger partial charge in [-0.1, -0.05) is 6.92 Å². The van der Waals surface area contributed by atoms with Crippen LogP contribution < -0.4 is 0 Å². The summed E-state index contributed by atoms with van der Waals surface area (Å²) < 4.78 is 5.86. The number of ether oxygens (including phenoxy) is 1. The van der Waals surface area contributed by atoms with Crippen LogP contribution >= 0.6 is 0 Å². The SMILES string of the molecule is CC1CCC(OCC2CC2)CC1. The van der Waals surface area contributed by atoms with E-state index < -0.39 is 0 Å². The Balaban J connectivity index is 1.60. The lowest BCUT2D eigenvalue weighted by atomic mass is 9.89. The van der Waals surface area contributed by atoms with Gasteiger partial charge in [0, 0.05) is 6.61 Å². The van der Waals surface area contributed by atoms with Crippen LogP contribution in [0.3, 0.4) is 0 Å². The minimum absolute atomic E-state index is 0.613. The van der Waals surface area contributed by atoms with Gasteiger partial charge in [0.05, 0.1) is 6.10 Å². The van der Waals surface area contributed by atoms with Crippen LogP contribution in [0.2, 0.25) is 0 Å². The molecule has 1 nitrogen and oxygen atoms in total. The van der Waals surface area contributed by atoms with Crippen LogP contribution in [0.15, 0.2) is 0 Å². The zero-order valence-corrected chi connectivity index (χ0v) is 8.09. The Morgan fingerprint density at radius 2 is 1.67 bits per heavy atom. The Kier molecular flexibility index (Phi) is 2.69. The normalized spacial score (nSPS) is 36.8. The molecular weight excluding hydrogens is 148 g/mol. The molecular formula is C11H20O. The molecule has 0 N–H and O–H groups in total. The molecule has 0 amide bonds. The third-order valence-corrected chi connectivity index (χ3v) is 3.23. The molecule has 0 saturated heterocycles. The summed E-state index contributed by atoms with van der Waals surface area (Å²) in [5.41, 5.74) is 0. The van der Waals surface area contributed by atoms with Gasteiger partial charge in [0.25, 0.3) is 0 Å². The first-order valence-corrected chi connectivity index (χ1v) is 5.46. The van der Waals surface area contributed by atoms with Crippen LogP contribution in [0, 0.1) is 11.8 Å². The highest BCUT2D eigenvalue weighted by Gasteiger charge is 2.24. The van der Waals surface area contributed by atoms with Crippen molar-refractivity contribution in [1.82, 2.24) is 0 Å². The van der Waals surface area contributed by atoms with Crippen molar-refractivity contribution < 1.29 is 4.74 Å². The van der Waals surface area contributed by atoms with Gasteiger partial charge in [-0.2, -0.15) is 0 Å². The molecule has 2 aliphatic carbocycles. The van der Waals surface area contributed by atoms with E-state index in [1.54, 1.807) is 0 Å². The van der Waals surface area contributed by atoms with E-state index in [2.05, 4.69) is 6.92 Å². The molecule has 2 fully saturated rings. The predicted octanol–water partition coefficient (Wildman–Crippen LogP) is 2.99. The van der Waals surface area contributed by atoms with Crippen molar-refractivity contribution in [2.75, 3.05) is 6.61 Å². The first-order chi connectivity index (χ1) is 5.84. The molecule has 2 rings (SSSR count). The summed E-state index contributed by atoms with van der Waals surface area (Å²) in [7, 11) is 0. The highest BCUT2D eigenvalue weighted by atomic mass is 16.5. The van der Waals surface area contributed by atoms with Gasteiger partial charge in [0.1, 0.15) is 0 Å². The second-order valence-electron chi connectivity index (χ2n) is 4.66. The molecule has 2 saturated carbocycles. The maximum absolute atomic E-state index is 5.86. The fraction of sp³-hybridized carbons (Fsp3) is 1.00. The van der Waals surface area contributed by atoms with Crippen LogP contribution in [-0.2, 0) is 4.74 Å². The topological polar surface area (TPSA) is 9.23 Å². The highest BCUT2D eigenvalue weighted by Crippen LogP contribution is 2.31. The zero-order valence-electron chi connectivity index (χ0n) is 8.09. The highest BCUT2D eigenvalue weighted by molar-refractivity contribution is 4.75. The monoisotopic (exact) mass is 168 g/mol. The van der Waals surface area contributed by atoms with E-state index in [1.165, 1.54) is 38.5 Å². The van der Waals surface area contributed by atoms with Crippen LogP contribution in [0.1, 0.15) is 45.4 Å². The standard InChI is InChI=1S/C11H20O/c1-9-2-6-11(7-3-9)12-8-10-4-5-10/h9-11H,2-8H2,1H3. The lowest BCUT2D eigenvalue weighted by molar-refractivity contribution is 0.0140. The Hall–Kier alpha value is -0.0400. The van der Waals surface area contributed by atoms with Gasteiger partial charge in [0.2, 0.25) is 0 Å². The van der Waals surface area contributed by atoms with Gasteiger partial charge >= 0.3 is 0 Å². The Labute approximate surface area is 75.5 Å². The van der Waals surface area contributed by atoms with Crippen molar-refractivity contribution >= 4 is 0 Å². The van der Waals surface area contributed by atoms with Gasteiger partial charge < -0.3 is 4.74 Å². The molecule has 70 valence electrons. The largest absolute Gasteiger partial charge is 0.378 e. The second kappa shape index (κ2) is 3.78. The average molecular weight is 168 g/mol. The molecule has 0 aliphatic heterocycles.